The number of phenolic OH excluding ortho intramolecular Hbond substituents is 2. The minimum Gasteiger partial charge on any atom is -0.508 e. The number of aryl methyl sites for hydroxylation is 8. The molecular formula is C30H38O2Zr. The number of hydrogen-bond acceptors (Lipinski definition) is 2. The second-order valence-corrected chi connectivity index (χ2v) is 8.47. The first-order valence-corrected chi connectivity index (χ1v) is 10.9. The normalized spacial score (nSPS) is 9.21. The summed E-state index contributed by atoms with van der Waals surface area (Å²) in [5.74, 6) is 0.659. The van der Waals surface area contributed by atoms with E-state index in [1.54, 1.807) is 24.3 Å². The van der Waals surface area contributed by atoms with Gasteiger partial charge in [-0.2, -0.15) is 34.4 Å². The van der Waals surface area contributed by atoms with Crippen LogP contribution in [0.5, 0.6) is 11.5 Å². The van der Waals surface area contributed by atoms with Crippen LogP contribution in [-0.2, 0) is 26.2 Å². The van der Waals surface area contributed by atoms with Crippen LogP contribution in [0.15, 0.2) is 72.8 Å². The molecule has 0 amide bonds. The first-order valence-electron chi connectivity index (χ1n) is 10.9. The Morgan fingerprint density at radius 1 is 0.485 bits per heavy atom. The average molecular weight is 522 g/mol. The summed E-state index contributed by atoms with van der Waals surface area (Å²) in [6.45, 7) is 16.8. The van der Waals surface area contributed by atoms with E-state index in [2.05, 4.69) is 65.8 Å². The molecule has 0 radical (unpaired) electrons. The maximum absolute atomic E-state index is 8.76. The zero-order valence-corrected chi connectivity index (χ0v) is 23.8. The molecule has 0 unspecified atom stereocenters. The second kappa shape index (κ2) is 15.5. The molecule has 0 aliphatic heterocycles. The third-order valence-electron chi connectivity index (χ3n) is 5.09. The Labute approximate surface area is 219 Å². The Bertz CT molecular complexity index is 883. The van der Waals surface area contributed by atoms with Gasteiger partial charge in [0.05, 0.1) is 0 Å². The van der Waals surface area contributed by atoms with Crippen molar-refractivity contribution in [3.8, 4) is 11.5 Å². The molecule has 0 saturated carbocycles. The predicted octanol–water partition coefficient (Wildman–Crippen LogP) is 8.06. The van der Waals surface area contributed by atoms with Crippen molar-refractivity contribution in [2.75, 3.05) is 0 Å². The topological polar surface area (TPSA) is 40.5 Å². The quantitative estimate of drug-likeness (QED) is 0.230. The van der Waals surface area contributed by atoms with Crippen LogP contribution in [0.3, 0.4) is 0 Å². The van der Waals surface area contributed by atoms with Crippen molar-refractivity contribution in [1.29, 1.82) is 0 Å². The van der Waals surface area contributed by atoms with E-state index in [1.807, 2.05) is 38.1 Å². The summed E-state index contributed by atoms with van der Waals surface area (Å²) < 4.78 is 0. The summed E-state index contributed by atoms with van der Waals surface area (Å²) in [5.41, 5.74) is 10.7. The molecular weight excluding hydrogens is 484 g/mol. The molecule has 174 valence electrons. The molecule has 2 nitrogen and oxygen atoms in total. The van der Waals surface area contributed by atoms with Gasteiger partial charge < -0.3 is 10.2 Å². The van der Waals surface area contributed by atoms with Gasteiger partial charge in [-0.3, -0.25) is 0 Å². The van der Waals surface area contributed by atoms with Crippen molar-refractivity contribution in [3.63, 3.8) is 0 Å². The van der Waals surface area contributed by atoms with E-state index in [0.29, 0.717) is 11.5 Å². The standard InChI is InChI=1S/2C8H11.2C7H8O.Zr/c2*1-6-4-7(2)8(3)5-6;2*1-6-2-4-7(8)5-3-6;/h2*4-5H,1-3H3;2*2-5,8H,1H3;/q2*-1;;;+2. The first kappa shape index (κ1) is 30.6. The van der Waals surface area contributed by atoms with Gasteiger partial charge in [-0.05, 0) is 38.1 Å². The Kier molecular flexibility index (Phi) is 14.3. The second-order valence-electron chi connectivity index (χ2n) is 8.47. The van der Waals surface area contributed by atoms with Crippen molar-refractivity contribution >= 4 is 0 Å². The molecule has 2 N–H and O–H groups in total. The van der Waals surface area contributed by atoms with Crippen LogP contribution in [0, 0.1) is 55.4 Å². The summed E-state index contributed by atoms with van der Waals surface area (Å²) in [4.78, 5) is 0. The van der Waals surface area contributed by atoms with Gasteiger partial charge in [0, 0.05) is 0 Å². The predicted molar refractivity (Wildman–Crippen MR) is 138 cm³/mol. The monoisotopic (exact) mass is 520 g/mol. The first-order chi connectivity index (χ1) is 15.0. The third kappa shape index (κ3) is 13.0. The zero-order chi connectivity index (χ0) is 24.3. The summed E-state index contributed by atoms with van der Waals surface area (Å²) in [6.07, 6.45) is 0. The Balaban J connectivity index is 0.000000410. The van der Waals surface area contributed by atoms with Gasteiger partial charge in [0.1, 0.15) is 11.5 Å². The summed E-state index contributed by atoms with van der Waals surface area (Å²) in [5, 5.41) is 17.5. The number of aromatic hydroxyl groups is 2. The van der Waals surface area contributed by atoms with Gasteiger partial charge in [-0.15, -0.1) is 0 Å². The molecule has 0 heterocycles. The SMILES string of the molecule is Cc1cc(C)[c-](C)c1.Cc1cc(C)[c-](C)c1.Cc1ccc(O)cc1.Cc1ccc(O)cc1.[Zr+2]. The molecule has 0 aromatic heterocycles. The number of benzene rings is 2. The van der Waals surface area contributed by atoms with E-state index >= 15 is 0 Å². The van der Waals surface area contributed by atoms with Crippen molar-refractivity contribution in [3.05, 3.63) is 117 Å². The van der Waals surface area contributed by atoms with Crippen LogP contribution in [-0.4, -0.2) is 10.2 Å². The van der Waals surface area contributed by atoms with Gasteiger partial charge >= 0.3 is 26.2 Å². The van der Waals surface area contributed by atoms with Gasteiger partial charge in [0.25, 0.3) is 0 Å². The van der Waals surface area contributed by atoms with Gasteiger partial charge in [0.2, 0.25) is 0 Å². The molecule has 0 fully saturated rings. The summed E-state index contributed by atoms with van der Waals surface area (Å²) in [6, 6.07) is 23.0. The Hall–Kier alpha value is -2.38. The van der Waals surface area contributed by atoms with E-state index in [4.69, 9.17) is 10.2 Å². The van der Waals surface area contributed by atoms with Crippen molar-refractivity contribution in [1.82, 2.24) is 0 Å². The van der Waals surface area contributed by atoms with E-state index in [1.165, 1.54) is 44.5 Å². The van der Waals surface area contributed by atoms with Gasteiger partial charge in [0.15, 0.2) is 0 Å². The van der Waals surface area contributed by atoms with Crippen LogP contribution in [0.2, 0.25) is 0 Å². The molecule has 0 atom stereocenters. The van der Waals surface area contributed by atoms with E-state index in [9.17, 15) is 0 Å². The van der Waals surface area contributed by atoms with Crippen molar-refractivity contribution in [2.24, 2.45) is 0 Å². The zero-order valence-electron chi connectivity index (χ0n) is 21.3. The number of phenols is 2. The molecule has 3 heteroatoms. The summed E-state index contributed by atoms with van der Waals surface area (Å²) >= 11 is 0. The van der Waals surface area contributed by atoms with Crippen LogP contribution < -0.4 is 0 Å². The molecule has 4 aromatic rings. The Morgan fingerprint density at radius 2 is 0.758 bits per heavy atom. The van der Waals surface area contributed by atoms with Crippen LogP contribution in [0.25, 0.3) is 0 Å². The van der Waals surface area contributed by atoms with Crippen molar-refractivity contribution in [2.45, 2.75) is 55.4 Å². The molecule has 0 spiro atoms. The van der Waals surface area contributed by atoms with Crippen molar-refractivity contribution < 1.29 is 36.4 Å². The molecule has 33 heavy (non-hydrogen) atoms. The van der Waals surface area contributed by atoms with Crippen LogP contribution >= 0.6 is 0 Å². The summed E-state index contributed by atoms with van der Waals surface area (Å²) in [7, 11) is 0. The Morgan fingerprint density at radius 3 is 0.879 bits per heavy atom. The van der Waals surface area contributed by atoms with E-state index in [-0.39, 0.29) is 26.2 Å². The molecule has 4 rings (SSSR count). The fourth-order valence-corrected chi connectivity index (χ4v) is 2.99. The fraction of sp³-hybridized carbons (Fsp3) is 0.267. The number of hydrogen-bond donors (Lipinski definition) is 2. The minimum absolute atomic E-state index is 0. The minimum atomic E-state index is 0. The van der Waals surface area contributed by atoms with E-state index in [0.717, 1.165) is 0 Å². The smallest absolute Gasteiger partial charge is 0.508 e. The fourth-order valence-electron chi connectivity index (χ4n) is 2.99. The van der Waals surface area contributed by atoms with Gasteiger partial charge in [-0.25, -0.2) is 23.3 Å². The molecule has 0 aliphatic carbocycles. The largest absolute Gasteiger partial charge is 2.00 e. The van der Waals surface area contributed by atoms with Crippen LogP contribution in [0.1, 0.15) is 44.5 Å². The maximum atomic E-state index is 8.76. The third-order valence-corrected chi connectivity index (χ3v) is 5.09. The van der Waals surface area contributed by atoms with E-state index < -0.39 is 0 Å². The molecule has 4 aromatic carbocycles. The molecule has 0 aliphatic rings. The molecule has 0 bridgehead atoms. The number of rotatable bonds is 0. The van der Waals surface area contributed by atoms with Crippen LogP contribution in [0.4, 0.5) is 0 Å². The molecule has 0 saturated heterocycles. The maximum Gasteiger partial charge on any atom is 2.00 e. The van der Waals surface area contributed by atoms with Gasteiger partial charge in [-0.1, -0.05) is 76.9 Å². The average Bonchev–Trinajstić information content (AvgIpc) is 3.19.